The quantitative estimate of drug-likeness (QED) is 0.593. The highest BCUT2D eigenvalue weighted by atomic mass is 32.2. The summed E-state index contributed by atoms with van der Waals surface area (Å²) in [5.74, 6) is 0.434. The molecule has 0 bridgehead atoms. The minimum Gasteiger partial charge on any atom is -0.497 e. The van der Waals surface area contributed by atoms with Crippen LogP contribution < -0.4 is 15.6 Å². The number of aromatic nitrogens is 1. The van der Waals surface area contributed by atoms with E-state index in [0.717, 1.165) is 11.3 Å². The number of fused-ring (bicyclic) bond motifs is 1. The zero-order valence-corrected chi connectivity index (χ0v) is 18.5. The average molecular weight is 456 g/mol. The number of methoxy groups -OCH3 is 1. The van der Waals surface area contributed by atoms with E-state index in [0.29, 0.717) is 30.3 Å². The highest BCUT2D eigenvalue weighted by Gasteiger charge is 2.32. The lowest BCUT2D eigenvalue weighted by atomic mass is 9.97. The van der Waals surface area contributed by atoms with Crippen molar-refractivity contribution in [2.45, 2.75) is 24.3 Å². The van der Waals surface area contributed by atoms with Crippen molar-refractivity contribution in [3.8, 4) is 5.75 Å². The molecule has 1 aliphatic heterocycles. The molecule has 1 fully saturated rings. The van der Waals surface area contributed by atoms with Crippen molar-refractivity contribution in [1.82, 2.24) is 14.6 Å². The number of sulfonamides is 1. The van der Waals surface area contributed by atoms with Gasteiger partial charge in [-0.1, -0.05) is 12.1 Å². The summed E-state index contributed by atoms with van der Waals surface area (Å²) in [6.07, 6.45) is 0.925. The number of nitrogens with one attached hydrogen (secondary N) is 2. The highest BCUT2D eigenvalue weighted by molar-refractivity contribution is 7.89. The van der Waals surface area contributed by atoms with Gasteiger partial charge in [-0.3, -0.25) is 9.59 Å². The number of H-pyrrole nitrogens is 1. The van der Waals surface area contributed by atoms with E-state index >= 15 is 0 Å². The van der Waals surface area contributed by atoms with Crippen molar-refractivity contribution in [1.29, 1.82) is 0 Å². The molecule has 4 rings (SSSR count). The molecule has 2 N–H and O–H groups in total. The van der Waals surface area contributed by atoms with Gasteiger partial charge >= 0.3 is 0 Å². The average Bonchev–Trinajstić information content (AvgIpc) is 2.82. The van der Waals surface area contributed by atoms with Crippen molar-refractivity contribution >= 4 is 26.8 Å². The molecule has 0 atom stereocenters. The predicted octanol–water partition coefficient (Wildman–Crippen LogP) is 2.25. The summed E-state index contributed by atoms with van der Waals surface area (Å²) in [6, 6.07) is 15.1. The number of carbonyl (C=O) groups is 1. The SMILES string of the molecule is COc1cccc(CNC(=O)C2CCN(S(=O)(=O)c3ccc4[nH]c(=O)ccc4c3)CC2)c1. The normalized spacial score (nSPS) is 15.5. The summed E-state index contributed by atoms with van der Waals surface area (Å²) in [5, 5.41) is 3.59. The monoisotopic (exact) mass is 455 g/mol. The van der Waals surface area contributed by atoms with Gasteiger partial charge in [0, 0.05) is 37.1 Å². The van der Waals surface area contributed by atoms with Crippen LogP contribution in [0.25, 0.3) is 10.9 Å². The second kappa shape index (κ2) is 9.13. The van der Waals surface area contributed by atoms with Crippen LogP contribution in [0.4, 0.5) is 0 Å². The third-order valence-electron chi connectivity index (χ3n) is 5.76. The fraction of sp³-hybridized carbons (Fsp3) is 0.304. The minimum atomic E-state index is -3.68. The van der Waals surface area contributed by atoms with E-state index in [4.69, 9.17) is 4.74 Å². The lowest BCUT2D eigenvalue weighted by Crippen LogP contribution is -2.42. The van der Waals surface area contributed by atoms with Crippen molar-refractivity contribution in [2.75, 3.05) is 20.2 Å². The van der Waals surface area contributed by atoms with Crippen molar-refractivity contribution in [3.63, 3.8) is 0 Å². The zero-order valence-electron chi connectivity index (χ0n) is 17.7. The first-order chi connectivity index (χ1) is 15.4. The Balaban J connectivity index is 1.37. The van der Waals surface area contributed by atoms with Crippen molar-refractivity contribution in [3.05, 3.63) is 70.5 Å². The largest absolute Gasteiger partial charge is 0.497 e. The van der Waals surface area contributed by atoms with Crippen LogP contribution in [0.15, 0.2) is 64.3 Å². The maximum Gasteiger partial charge on any atom is 0.248 e. The molecule has 1 aliphatic rings. The topological polar surface area (TPSA) is 109 Å². The van der Waals surface area contributed by atoms with Gasteiger partial charge in [0.2, 0.25) is 21.5 Å². The first-order valence-electron chi connectivity index (χ1n) is 10.4. The molecule has 2 aromatic carbocycles. The number of pyridine rings is 1. The van der Waals surface area contributed by atoms with Gasteiger partial charge in [0.05, 0.1) is 12.0 Å². The van der Waals surface area contributed by atoms with Crippen molar-refractivity contribution in [2.24, 2.45) is 5.92 Å². The second-order valence-electron chi connectivity index (χ2n) is 7.82. The minimum absolute atomic E-state index is 0.0699. The maximum absolute atomic E-state index is 13.1. The van der Waals surface area contributed by atoms with E-state index in [9.17, 15) is 18.0 Å². The molecule has 8 nitrogen and oxygen atoms in total. The van der Waals surface area contributed by atoms with Gasteiger partial charge in [-0.2, -0.15) is 4.31 Å². The van der Waals surface area contributed by atoms with E-state index in [1.807, 2.05) is 24.3 Å². The molecule has 0 spiro atoms. The predicted molar refractivity (Wildman–Crippen MR) is 121 cm³/mol. The molecular formula is C23H25N3O5S. The number of carbonyl (C=O) groups excluding carboxylic acids is 1. The molecule has 3 aromatic rings. The Kier molecular flexibility index (Phi) is 6.29. The molecule has 1 saturated heterocycles. The summed E-state index contributed by atoms with van der Waals surface area (Å²) < 4.78 is 32.8. The summed E-state index contributed by atoms with van der Waals surface area (Å²) in [4.78, 5) is 26.9. The first kappa shape index (κ1) is 22.0. The Bertz CT molecular complexity index is 1290. The van der Waals surface area contributed by atoms with Gasteiger partial charge in [-0.15, -0.1) is 0 Å². The second-order valence-corrected chi connectivity index (χ2v) is 9.76. The van der Waals surface area contributed by atoms with Crippen LogP contribution in [0, 0.1) is 5.92 Å². The van der Waals surface area contributed by atoms with Crippen LogP contribution in [0.2, 0.25) is 0 Å². The van der Waals surface area contributed by atoms with Crippen LogP contribution in [0.5, 0.6) is 5.75 Å². The van der Waals surface area contributed by atoms with Crippen LogP contribution in [-0.4, -0.2) is 43.8 Å². The molecule has 1 amide bonds. The Morgan fingerprint density at radius 2 is 1.91 bits per heavy atom. The van der Waals surface area contributed by atoms with Crippen LogP contribution in [-0.2, 0) is 21.4 Å². The zero-order chi connectivity index (χ0) is 22.7. The summed E-state index contributed by atoms with van der Waals surface area (Å²) in [7, 11) is -2.08. The van der Waals surface area contributed by atoms with E-state index in [-0.39, 0.29) is 35.4 Å². The number of benzene rings is 2. The fourth-order valence-electron chi connectivity index (χ4n) is 3.92. The molecule has 32 heavy (non-hydrogen) atoms. The van der Waals surface area contributed by atoms with Crippen LogP contribution in [0.3, 0.4) is 0 Å². The molecule has 2 heterocycles. The molecule has 0 radical (unpaired) electrons. The number of piperidine rings is 1. The highest BCUT2D eigenvalue weighted by Crippen LogP contribution is 2.26. The molecule has 9 heteroatoms. The van der Waals surface area contributed by atoms with Gasteiger partial charge in [-0.25, -0.2) is 8.42 Å². The Morgan fingerprint density at radius 1 is 1.12 bits per heavy atom. The van der Waals surface area contributed by atoms with Crippen molar-refractivity contribution < 1.29 is 17.9 Å². The lowest BCUT2D eigenvalue weighted by Gasteiger charge is -2.30. The van der Waals surface area contributed by atoms with Gasteiger partial charge < -0.3 is 15.0 Å². The van der Waals surface area contributed by atoms with Gasteiger partial charge in [0.1, 0.15) is 5.75 Å². The molecule has 168 valence electrons. The number of rotatable bonds is 6. The molecular weight excluding hydrogens is 430 g/mol. The van der Waals surface area contributed by atoms with E-state index in [1.54, 1.807) is 25.3 Å². The van der Waals surface area contributed by atoms with Gasteiger partial charge in [0.15, 0.2) is 0 Å². The lowest BCUT2D eigenvalue weighted by molar-refractivity contribution is -0.126. The number of ether oxygens (including phenoxy) is 1. The van der Waals surface area contributed by atoms with Gasteiger partial charge in [-0.05, 0) is 60.2 Å². The summed E-state index contributed by atoms with van der Waals surface area (Å²) >= 11 is 0. The molecule has 1 aromatic heterocycles. The molecule has 0 aliphatic carbocycles. The molecule has 0 unspecified atom stereocenters. The summed E-state index contributed by atoms with van der Waals surface area (Å²) in [5.41, 5.74) is 1.29. The first-order valence-corrected chi connectivity index (χ1v) is 11.8. The Hall–Kier alpha value is -3.17. The number of hydrogen-bond donors (Lipinski definition) is 2. The smallest absolute Gasteiger partial charge is 0.248 e. The fourth-order valence-corrected chi connectivity index (χ4v) is 5.42. The summed E-state index contributed by atoms with van der Waals surface area (Å²) in [6.45, 7) is 0.959. The Morgan fingerprint density at radius 3 is 2.66 bits per heavy atom. The number of aromatic amines is 1. The standard InChI is InChI=1S/C23H25N3O5S/c1-31-19-4-2-3-16(13-19)15-24-23(28)17-9-11-26(12-10-17)32(29,30)20-6-7-21-18(14-20)5-8-22(27)25-21/h2-8,13-14,17H,9-12,15H2,1H3,(H,24,28)(H,25,27). The third kappa shape index (κ3) is 4.68. The van der Waals surface area contributed by atoms with Crippen LogP contribution >= 0.6 is 0 Å². The van der Waals surface area contributed by atoms with E-state index in [1.165, 1.54) is 16.4 Å². The molecule has 0 saturated carbocycles. The number of nitrogens with zero attached hydrogens (tertiary/aromatic N) is 1. The Labute approximate surface area is 186 Å². The van der Waals surface area contributed by atoms with E-state index in [2.05, 4.69) is 10.3 Å². The third-order valence-corrected chi connectivity index (χ3v) is 7.65. The maximum atomic E-state index is 13.1. The van der Waals surface area contributed by atoms with Crippen LogP contribution in [0.1, 0.15) is 18.4 Å². The van der Waals surface area contributed by atoms with E-state index < -0.39 is 10.0 Å². The number of amides is 1. The number of hydrogen-bond acceptors (Lipinski definition) is 5. The van der Waals surface area contributed by atoms with Gasteiger partial charge in [0.25, 0.3) is 0 Å².